The second-order valence-electron chi connectivity index (χ2n) is 10.6. The molecule has 6 heteroatoms. The monoisotopic (exact) mass is 549 g/mol. The van der Waals surface area contributed by atoms with Crippen molar-refractivity contribution in [2.75, 3.05) is 5.32 Å². The predicted molar refractivity (Wildman–Crippen MR) is 162 cm³/mol. The summed E-state index contributed by atoms with van der Waals surface area (Å²) >= 11 is 1.23. The van der Waals surface area contributed by atoms with Gasteiger partial charge in [0.25, 0.3) is 5.91 Å². The van der Waals surface area contributed by atoms with Gasteiger partial charge >= 0.3 is 0 Å². The van der Waals surface area contributed by atoms with E-state index in [4.69, 9.17) is 0 Å². The fraction of sp³-hybridized carbons (Fsp3) is 0.324. The zero-order valence-electron chi connectivity index (χ0n) is 23.4. The van der Waals surface area contributed by atoms with E-state index in [9.17, 15) is 14.9 Å². The van der Waals surface area contributed by atoms with Crippen LogP contribution in [0.3, 0.4) is 0 Å². The molecule has 0 fully saturated rings. The maximum absolute atomic E-state index is 14.5. The summed E-state index contributed by atoms with van der Waals surface area (Å²) in [6, 6.07) is 25.2. The van der Waals surface area contributed by atoms with Gasteiger partial charge in [0.1, 0.15) is 11.1 Å². The molecule has 1 aliphatic rings. The number of aryl methyl sites for hydroxylation is 1. The lowest BCUT2D eigenvalue weighted by molar-refractivity contribution is -0.120. The summed E-state index contributed by atoms with van der Waals surface area (Å²) in [7, 11) is 0. The van der Waals surface area contributed by atoms with Gasteiger partial charge in [-0.05, 0) is 78.1 Å². The Morgan fingerprint density at radius 2 is 1.77 bits per heavy atom. The highest BCUT2D eigenvalue weighted by Gasteiger charge is 2.33. The van der Waals surface area contributed by atoms with E-state index >= 15 is 0 Å². The second kappa shape index (κ2) is 12.1. The van der Waals surface area contributed by atoms with Crippen LogP contribution in [0, 0.1) is 24.2 Å². The van der Waals surface area contributed by atoms with Crippen LogP contribution in [0.5, 0.6) is 0 Å². The van der Waals surface area contributed by atoms with Gasteiger partial charge in [-0.1, -0.05) is 74.5 Å². The molecule has 204 valence electrons. The standard InChI is InChI=1S/C34H35N3O2S/c1-4-24(5-2)32(38)36-33-29(20-35)22(3)31(40-33)34(39)37(30-16-10-14-26-12-8-9-15-28(26)30)21-23-17-18-25-11-6-7-13-27(25)19-23/h6-9,11-13,15,17-19,24,30H,4-5,10,14,16,21H2,1-3H3,(H,36,38). The number of hydrogen-bond donors (Lipinski definition) is 1. The van der Waals surface area contributed by atoms with Crippen molar-refractivity contribution < 1.29 is 9.59 Å². The summed E-state index contributed by atoms with van der Waals surface area (Å²) in [4.78, 5) is 29.9. The van der Waals surface area contributed by atoms with Crippen molar-refractivity contribution in [1.29, 1.82) is 5.26 Å². The number of rotatable bonds is 8. The first-order valence-corrected chi connectivity index (χ1v) is 15.0. The lowest BCUT2D eigenvalue weighted by Crippen LogP contribution is -2.36. The number of benzene rings is 3. The summed E-state index contributed by atoms with van der Waals surface area (Å²) in [6.45, 7) is 6.25. The molecule has 0 bridgehead atoms. The molecule has 0 saturated heterocycles. The van der Waals surface area contributed by atoms with Crippen molar-refractivity contribution in [3.05, 3.63) is 99.4 Å². The van der Waals surface area contributed by atoms with Gasteiger partial charge in [-0.2, -0.15) is 5.26 Å². The number of amides is 2. The smallest absolute Gasteiger partial charge is 0.265 e. The number of nitrogens with one attached hydrogen (secondary N) is 1. The van der Waals surface area contributed by atoms with E-state index in [2.05, 4.69) is 59.9 Å². The maximum Gasteiger partial charge on any atom is 0.265 e. The van der Waals surface area contributed by atoms with E-state index in [1.165, 1.54) is 22.5 Å². The largest absolute Gasteiger partial charge is 0.327 e. The molecule has 5 rings (SSSR count). The Kier molecular flexibility index (Phi) is 8.32. The first-order valence-electron chi connectivity index (χ1n) is 14.2. The van der Waals surface area contributed by atoms with E-state index in [0.29, 0.717) is 27.5 Å². The lowest BCUT2D eigenvalue weighted by Gasteiger charge is -2.36. The van der Waals surface area contributed by atoms with E-state index < -0.39 is 0 Å². The highest BCUT2D eigenvalue weighted by molar-refractivity contribution is 7.18. The first-order chi connectivity index (χ1) is 19.4. The molecule has 2 amide bonds. The van der Waals surface area contributed by atoms with Gasteiger partial charge in [0.15, 0.2) is 0 Å². The van der Waals surface area contributed by atoms with Crippen molar-refractivity contribution in [2.45, 2.75) is 65.5 Å². The lowest BCUT2D eigenvalue weighted by atomic mass is 9.86. The summed E-state index contributed by atoms with van der Waals surface area (Å²) in [5.41, 5.74) is 4.55. The van der Waals surface area contributed by atoms with E-state index in [-0.39, 0.29) is 23.8 Å². The minimum absolute atomic E-state index is 0.0708. The minimum Gasteiger partial charge on any atom is -0.327 e. The van der Waals surface area contributed by atoms with Crippen LogP contribution in [-0.2, 0) is 17.8 Å². The topological polar surface area (TPSA) is 73.2 Å². The van der Waals surface area contributed by atoms with Gasteiger partial charge < -0.3 is 10.2 Å². The summed E-state index contributed by atoms with van der Waals surface area (Å²) in [6.07, 6.45) is 4.34. The third-order valence-electron chi connectivity index (χ3n) is 8.19. The van der Waals surface area contributed by atoms with Gasteiger partial charge in [-0.15, -0.1) is 11.3 Å². The molecule has 3 aromatic carbocycles. The Hall–Kier alpha value is -3.95. The Balaban J connectivity index is 1.55. The fourth-order valence-corrected chi connectivity index (χ4v) is 6.97. The summed E-state index contributed by atoms with van der Waals surface area (Å²) < 4.78 is 0. The Morgan fingerprint density at radius 1 is 1.05 bits per heavy atom. The van der Waals surface area contributed by atoms with Gasteiger partial charge in [0, 0.05) is 12.5 Å². The molecular weight excluding hydrogens is 514 g/mol. The molecule has 0 radical (unpaired) electrons. The van der Waals surface area contributed by atoms with Crippen LogP contribution >= 0.6 is 11.3 Å². The van der Waals surface area contributed by atoms with Crippen LogP contribution in [0.1, 0.15) is 83.1 Å². The van der Waals surface area contributed by atoms with Gasteiger partial charge in [0.05, 0.1) is 16.5 Å². The molecular formula is C34H35N3O2S. The van der Waals surface area contributed by atoms with Crippen LogP contribution in [-0.4, -0.2) is 16.7 Å². The Morgan fingerprint density at radius 3 is 2.52 bits per heavy atom. The van der Waals surface area contributed by atoms with Crippen LogP contribution in [0.25, 0.3) is 10.8 Å². The molecule has 1 aliphatic carbocycles. The van der Waals surface area contributed by atoms with E-state index in [1.54, 1.807) is 0 Å². The number of anilines is 1. The Labute approximate surface area is 240 Å². The molecule has 5 nitrogen and oxygen atoms in total. The Bertz CT molecular complexity index is 1590. The van der Waals surface area contributed by atoms with E-state index in [1.807, 2.05) is 43.9 Å². The molecule has 0 saturated carbocycles. The third-order valence-corrected chi connectivity index (χ3v) is 9.38. The van der Waals surface area contributed by atoms with Gasteiger partial charge in [-0.3, -0.25) is 9.59 Å². The second-order valence-corrected chi connectivity index (χ2v) is 11.6. The highest BCUT2D eigenvalue weighted by Crippen LogP contribution is 2.40. The molecule has 0 aliphatic heterocycles. The van der Waals surface area contributed by atoms with Crippen LogP contribution < -0.4 is 5.32 Å². The van der Waals surface area contributed by atoms with Crippen molar-refractivity contribution in [3.8, 4) is 6.07 Å². The number of fused-ring (bicyclic) bond motifs is 2. The molecule has 1 unspecified atom stereocenters. The summed E-state index contributed by atoms with van der Waals surface area (Å²) in [5, 5.41) is 15.7. The zero-order valence-corrected chi connectivity index (χ0v) is 24.2. The molecule has 4 aromatic rings. The average Bonchev–Trinajstić information content (AvgIpc) is 3.30. The molecule has 0 spiro atoms. The minimum atomic E-state index is -0.128. The number of carbonyl (C=O) groups is 2. The van der Waals surface area contributed by atoms with E-state index in [0.717, 1.165) is 48.4 Å². The van der Waals surface area contributed by atoms with Crippen molar-refractivity contribution in [2.24, 2.45) is 5.92 Å². The quantitative estimate of drug-likeness (QED) is 0.241. The van der Waals surface area contributed by atoms with Crippen LogP contribution in [0.15, 0.2) is 66.7 Å². The average molecular weight is 550 g/mol. The highest BCUT2D eigenvalue weighted by atomic mass is 32.1. The fourth-order valence-electron chi connectivity index (χ4n) is 5.85. The number of thiophene rings is 1. The summed E-state index contributed by atoms with van der Waals surface area (Å²) in [5.74, 6) is -0.330. The van der Waals surface area contributed by atoms with Crippen molar-refractivity contribution >= 4 is 38.9 Å². The molecule has 1 aromatic heterocycles. The van der Waals surface area contributed by atoms with Gasteiger partial charge in [-0.25, -0.2) is 0 Å². The predicted octanol–water partition coefficient (Wildman–Crippen LogP) is 8.18. The van der Waals surface area contributed by atoms with Crippen molar-refractivity contribution in [3.63, 3.8) is 0 Å². The first kappa shape index (κ1) is 27.6. The number of nitrogens with zero attached hydrogens (tertiary/aromatic N) is 2. The number of hydrogen-bond acceptors (Lipinski definition) is 4. The molecule has 40 heavy (non-hydrogen) atoms. The normalized spacial score (nSPS) is 14.5. The molecule has 1 atom stereocenters. The van der Waals surface area contributed by atoms with Gasteiger partial charge in [0.2, 0.25) is 5.91 Å². The third kappa shape index (κ3) is 5.39. The molecule has 1 heterocycles. The van der Waals surface area contributed by atoms with Crippen LogP contribution in [0.4, 0.5) is 5.00 Å². The zero-order chi connectivity index (χ0) is 28.2. The van der Waals surface area contributed by atoms with Crippen molar-refractivity contribution in [1.82, 2.24) is 4.90 Å². The maximum atomic E-state index is 14.5. The number of carbonyl (C=O) groups excluding carboxylic acids is 2. The number of nitriles is 1. The SMILES string of the molecule is CCC(CC)C(=O)Nc1sc(C(=O)N(Cc2ccc3ccccc3c2)C2CCCc3ccccc32)c(C)c1C#N. The van der Waals surface area contributed by atoms with Crippen LogP contribution in [0.2, 0.25) is 0 Å². The molecule has 1 N–H and O–H groups in total.